The van der Waals surface area contributed by atoms with Gasteiger partial charge in [0, 0.05) is 31.4 Å². The molecule has 1 saturated heterocycles. The summed E-state index contributed by atoms with van der Waals surface area (Å²) in [6, 6.07) is 13.1. The zero-order chi connectivity index (χ0) is 22.2. The molecule has 3 heterocycles. The molecule has 1 N–H and O–H groups in total. The summed E-state index contributed by atoms with van der Waals surface area (Å²) in [6.07, 6.45) is 6.55. The molecule has 1 aliphatic heterocycles. The Hall–Kier alpha value is -3.75. The second-order valence-corrected chi connectivity index (χ2v) is 7.63. The first-order valence-corrected chi connectivity index (χ1v) is 10.7. The standard InChI is InChI=1S/C23H26N6O3/c30-21(10-13-32-20-8-2-1-3-9-20)28-12-5-7-19(15-28)23(31)26-14-18-6-4-11-25-22(18)29-17-24-16-27-29/h1-4,6,8-9,11,16-17,19H,5,7,10,12-15H2,(H,26,31). The summed E-state index contributed by atoms with van der Waals surface area (Å²) < 4.78 is 7.20. The van der Waals surface area contributed by atoms with E-state index in [4.69, 9.17) is 4.74 Å². The monoisotopic (exact) mass is 434 g/mol. The number of likely N-dealkylation sites (tertiary alicyclic amines) is 1. The number of benzene rings is 1. The average Bonchev–Trinajstić information content (AvgIpc) is 3.38. The minimum absolute atomic E-state index is 0.0131. The van der Waals surface area contributed by atoms with Gasteiger partial charge in [0.15, 0.2) is 5.82 Å². The summed E-state index contributed by atoms with van der Waals surface area (Å²) in [5.41, 5.74) is 0.841. The SMILES string of the molecule is O=C(NCc1cccnc1-n1cncn1)C1CCCN(C(=O)CCOc2ccccc2)C1. The Balaban J connectivity index is 1.27. The van der Waals surface area contributed by atoms with E-state index in [1.807, 2.05) is 42.5 Å². The number of piperidine rings is 1. The van der Waals surface area contributed by atoms with Crippen LogP contribution in [-0.2, 0) is 16.1 Å². The van der Waals surface area contributed by atoms with Gasteiger partial charge in [0.05, 0.1) is 18.9 Å². The zero-order valence-electron chi connectivity index (χ0n) is 17.8. The maximum Gasteiger partial charge on any atom is 0.226 e. The first kappa shape index (κ1) is 21.5. The summed E-state index contributed by atoms with van der Waals surface area (Å²) in [7, 11) is 0. The molecule has 0 aliphatic carbocycles. The molecule has 9 heteroatoms. The number of aromatic nitrogens is 4. The van der Waals surface area contributed by atoms with Crippen molar-refractivity contribution in [3.63, 3.8) is 0 Å². The number of rotatable bonds is 8. The Labute approximate surface area is 186 Å². The lowest BCUT2D eigenvalue weighted by molar-refractivity contribution is -0.136. The van der Waals surface area contributed by atoms with Gasteiger partial charge in [0.1, 0.15) is 18.4 Å². The molecule has 1 fully saturated rings. The Morgan fingerprint density at radius 2 is 2.03 bits per heavy atom. The number of carbonyl (C=O) groups excluding carboxylic acids is 2. The number of para-hydroxylation sites is 1. The van der Waals surface area contributed by atoms with E-state index in [9.17, 15) is 9.59 Å². The molecule has 1 unspecified atom stereocenters. The predicted octanol–water partition coefficient (Wildman–Crippen LogP) is 1.99. The highest BCUT2D eigenvalue weighted by molar-refractivity contribution is 5.81. The fourth-order valence-electron chi connectivity index (χ4n) is 3.77. The summed E-state index contributed by atoms with van der Waals surface area (Å²) in [5, 5.41) is 7.11. The Bertz CT molecular complexity index is 1030. The van der Waals surface area contributed by atoms with Gasteiger partial charge in [0.25, 0.3) is 0 Å². The number of hydrogen-bond acceptors (Lipinski definition) is 6. The molecule has 2 aromatic heterocycles. The first-order valence-electron chi connectivity index (χ1n) is 10.7. The molecule has 0 radical (unpaired) electrons. The van der Waals surface area contributed by atoms with Crippen LogP contribution in [0.2, 0.25) is 0 Å². The average molecular weight is 435 g/mol. The first-order chi connectivity index (χ1) is 15.7. The van der Waals surface area contributed by atoms with Crippen LogP contribution in [0.1, 0.15) is 24.8 Å². The van der Waals surface area contributed by atoms with Crippen molar-refractivity contribution in [1.82, 2.24) is 30.0 Å². The van der Waals surface area contributed by atoms with Crippen LogP contribution in [-0.4, -0.2) is 56.2 Å². The third kappa shape index (κ3) is 5.48. The second kappa shape index (κ2) is 10.5. The smallest absolute Gasteiger partial charge is 0.226 e. The number of ether oxygens (including phenoxy) is 1. The maximum absolute atomic E-state index is 12.8. The van der Waals surface area contributed by atoms with Crippen molar-refractivity contribution >= 4 is 11.8 Å². The van der Waals surface area contributed by atoms with Crippen LogP contribution in [0.5, 0.6) is 5.75 Å². The molecule has 1 aliphatic rings. The second-order valence-electron chi connectivity index (χ2n) is 7.63. The third-order valence-corrected chi connectivity index (χ3v) is 5.43. The van der Waals surface area contributed by atoms with Gasteiger partial charge in [-0.1, -0.05) is 24.3 Å². The van der Waals surface area contributed by atoms with Gasteiger partial charge in [0.2, 0.25) is 11.8 Å². The van der Waals surface area contributed by atoms with E-state index < -0.39 is 0 Å². The van der Waals surface area contributed by atoms with Crippen molar-refractivity contribution in [1.29, 1.82) is 0 Å². The molecule has 32 heavy (non-hydrogen) atoms. The fraction of sp³-hybridized carbons (Fsp3) is 0.348. The van der Waals surface area contributed by atoms with Crippen molar-refractivity contribution in [2.45, 2.75) is 25.8 Å². The topological polar surface area (TPSA) is 102 Å². The van der Waals surface area contributed by atoms with Gasteiger partial charge >= 0.3 is 0 Å². The van der Waals surface area contributed by atoms with Gasteiger partial charge in [-0.15, -0.1) is 0 Å². The van der Waals surface area contributed by atoms with Gasteiger partial charge < -0.3 is 15.0 Å². The number of nitrogens with zero attached hydrogens (tertiary/aromatic N) is 5. The molecule has 0 spiro atoms. The van der Waals surface area contributed by atoms with Gasteiger partial charge in [-0.3, -0.25) is 9.59 Å². The lowest BCUT2D eigenvalue weighted by Gasteiger charge is -2.32. The van der Waals surface area contributed by atoms with E-state index >= 15 is 0 Å². The molecular formula is C23H26N6O3. The van der Waals surface area contributed by atoms with Crippen molar-refractivity contribution in [3.05, 3.63) is 66.9 Å². The van der Waals surface area contributed by atoms with Crippen LogP contribution in [0.3, 0.4) is 0 Å². The molecule has 166 valence electrons. The highest BCUT2D eigenvalue weighted by Gasteiger charge is 2.28. The molecular weight excluding hydrogens is 408 g/mol. The molecule has 0 saturated carbocycles. The lowest BCUT2D eigenvalue weighted by Crippen LogP contribution is -2.45. The van der Waals surface area contributed by atoms with E-state index in [1.165, 1.54) is 6.33 Å². The fourth-order valence-corrected chi connectivity index (χ4v) is 3.77. The van der Waals surface area contributed by atoms with E-state index in [0.29, 0.717) is 38.5 Å². The van der Waals surface area contributed by atoms with E-state index in [1.54, 1.807) is 22.1 Å². The maximum atomic E-state index is 12.8. The largest absolute Gasteiger partial charge is 0.493 e. The van der Waals surface area contributed by atoms with Gasteiger partial charge in [-0.2, -0.15) is 5.10 Å². The van der Waals surface area contributed by atoms with Crippen LogP contribution in [0.4, 0.5) is 0 Å². The highest BCUT2D eigenvalue weighted by atomic mass is 16.5. The highest BCUT2D eigenvalue weighted by Crippen LogP contribution is 2.18. The number of carbonyl (C=O) groups is 2. The van der Waals surface area contributed by atoms with E-state index in [2.05, 4.69) is 20.4 Å². The van der Waals surface area contributed by atoms with Gasteiger partial charge in [-0.05, 0) is 31.0 Å². The van der Waals surface area contributed by atoms with Crippen LogP contribution in [0.15, 0.2) is 61.3 Å². The number of nitrogens with one attached hydrogen (secondary N) is 1. The summed E-state index contributed by atoms with van der Waals surface area (Å²) >= 11 is 0. The normalized spacial score (nSPS) is 15.9. The number of hydrogen-bond donors (Lipinski definition) is 1. The van der Waals surface area contributed by atoms with E-state index in [0.717, 1.165) is 24.2 Å². The third-order valence-electron chi connectivity index (χ3n) is 5.43. The predicted molar refractivity (Wildman–Crippen MR) is 117 cm³/mol. The minimum Gasteiger partial charge on any atom is -0.493 e. The van der Waals surface area contributed by atoms with Crippen molar-refractivity contribution in [2.24, 2.45) is 5.92 Å². The number of pyridine rings is 1. The van der Waals surface area contributed by atoms with Gasteiger partial charge in [-0.25, -0.2) is 14.6 Å². The molecule has 9 nitrogen and oxygen atoms in total. The Morgan fingerprint density at radius 3 is 2.84 bits per heavy atom. The molecule has 1 atom stereocenters. The van der Waals surface area contributed by atoms with Crippen LogP contribution in [0.25, 0.3) is 5.82 Å². The molecule has 0 bridgehead atoms. The van der Waals surface area contributed by atoms with Crippen molar-refractivity contribution < 1.29 is 14.3 Å². The van der Waals surface area contributed by atoms with Crippen molar-refractivity contribution in [3.8, 4) is 11.6 Å². The van der Waals surface area contributed by atoms with Crippen molar-refractivity contribution in [2.75, 3.05) is 19.7 Å². The molecule has 2 amide bonds. The minimum atomic E-state index is -0.228. The Morgan fingerprint density at radius 1 is 1.16 bits per heavy atom. The van der Waals surface area contributed by atoms with Crippen LogP contribution < -0.4 is 10.1 Å². The molecule has 3 aromatic rings. The summed E-state index contributed by atoms with van der Waals surface area (Å²) in [6.45, 7) is 1.76. The summed E-state index contributed by atoms with van der Waals surface area (Å²) in [5.74, 6) is 1.10. The molecule has 1 aromatic carbocycles. The summed E-state index contributed by atoms with van der Waals surface area (Å²) in [4.78, 5) is 35.5. The molecule has 4 rings (SSSR count). The lowest BCUT2D eigenvalue weighted by atomic mass is 9.96. The zero-order valence-corrected chi connectivity index (χ0v) is 17.8. The van der Waals surface area contributed by atoms with Crippen LogP contribution >= 0.6 is 0 Å². The van der Waals surface area contributed by atoms with Crippen LogP contribution in [0, 0.1) is 5.92 Å². The number of amides is 2. The Kier molecular flexibility index (Phi) is 7.06. The van der Waals surface area contributed by atoms with E-state index in [-0.39, 0.29) is 17.7 Å². The quantitative estimate of drug-likeness (QED) is 0.582.